The van der Waals surface area contributed by atoms with Crippen LogP contribution in [0.3, 0.4) is 0 Å². The minimum atomic E-state index is 0.176. The van der Waals surface area contributed by atoms with Gasteiger partial charge < -0.3 is 16.2 Å². The third kappa shape index (κ3) is 12.6. The van der Waals surface area contributed by atoms with Gasteiger partial charge in [0.2, 0.25) is 0 Å². The SMILES string of the molecule is C=C.COC[C@H](C)N.Cc1ncc(CN)cn1. The van der Waals surface area contributed by atoms with Crippen LogP contribution in [0.25, 0.3) is 0 Å². The molecule has 0 spiro atoms. The normalized spacial score (nSPS) is 10.4. The molecule has 0 aliphatic carbocycles. The molecule has 17 heavy (non-hydrogen) atoms. The summed E-state index contributed by atoms with van der Waals surface area (Å²) >= 11 is 0. The first-order valence-electron chi connectivity index (χ1n) is 5.32. The van der Waals surface area contributed by atoms with Crippen molar-refractivity contribution < 1.29 is 4.74 Å². The van der Waals surface area contributed by atoms with E-state index in [2.05, 4.69) is 27.9 Å². The summed E-state index contributed by atoms with van der Waals surface area (Å²) in [6.07, 6.45) is 3.48. The van der Waals surface area contributed by atoms with Gasteiger partial charge in [-0.05, 0) is 13.8 Å². The van der Waals surface area contributed by atoms with E-state index in [1.165, 1.54) is 0 Å². The molecule has 5 nitrogen and oxygen atoms in total. The fourth-order valence-electron chi connectivity index (χ4n) is 0.788. The molecule has 0 bridgehead atoms. The molecular weight excluding hydrogens is 216 g/mol. The van der Waals surface area contributed by atoms with Crippen LogP contribution in [-0.4, -0.2) is 29.7 Å². The Bertz CT molecular complexity index is 262. The van der Waals surface area contributed by atoms with E-state index >= 15 is 0 Å². The van der Waals surface area contributed by atoms with E-state index in [1.54, 1.807) is 19.5 Å². The Morgan fingerprint density at radius 2 is 1.82 bits per heavy atom. The van der Waals surface area contributed by atoms with Crippen LogP contribution in [0.1, 0.15) is 18.3 Å². The van der Waals surface area contributed by atoms with Crippen molar-refractivity contribution in [1.29, 1.82) is 0 Å². The minimum Gasteiger partial charge on any atom is -0.383 e. The van der Waals surface area contributed by atoms with Crippen molar-refractivity contribution in [3.8, 4) is 0 Å². The van der Waals surface area contributed by atoms with Crippen LogP contribution in [0.2, 0.25) is 0 Å². The van der Waals surface area contributed by atoms with Gasteiger partial charge in [0, 0.05) is 37.7 Å². The van der Waals surface area contributed by atoms with Crippen LogP contribution in [0.4, 0.5) is 0 Å². The van der Waals surface area contributed by atoms with Gasteiger partial charge in [-0.25, -0.2) is 9.97 Å². The van der Waals surface area contributed by atoms with E-state index in [0.717, 1.165) is 11.4 Å². The summed E-state index contributed by atoms with van der Waals surface area (Å²) in [6, 6.07) is 0.176. The van der Waals surface area contributed by atoms with E-state index in [-0.39, 0.29) is 6.04 Å². The van der Waals surface area contributed by atoms with Gasteiger partial charge in [-0.3, -0.25) is 0 Å². The maximum Gasteiger partial charge on any atom is 0.125 e. The topological polar surface area (TPSA) is 87.0 Å². The second kappa shape index (κ2) is 12.8. The molecule has 0 unspecified atom stereocenters. The Balaban J connectivity index is 0. The van der Waals surface area contributed by atoms with E-state index in [0.29, 0.717) is 13.2 Å². The summed E-state index contributed by atoms with van der Waals surface area (Å²) in [7, 11) is 1.64. The number of hydrogen-bond donors (Lipinski definition) is 2. The second-order valence-corrected chi connectivity index (χ2v) is 3.28. The molecule has 1 atom stereocenters. The van der Waals surface area contributed by atoms with Gasteiger partial charge in [-0.1, -0.05) is 0 Å². The molecule has 0 saturated carbocycles. The van der Waals surface area contributed by atoms with Crippen LogP contribution in [-0.2, 0) is 11.3 Å². The Hall–Kier alpha value is -1.30. The van der Waals surface area contributed by atoms with Crippen molar-refractivity contribution in [2.75, 3.05) is 13.7 Å². The van der Waals surface area contributed by atoms with Gasteiger partial charge >= 0.3 is 0 Å². The van der Waals surface area contributed by atoms with Crippen molar-refractivity contribution in [3.05, 3.63) is 36.9 Å². The van der Waals surface area contributed by atoms with Gasteiger partial charge in [-0.2, -0.15) is 0 Å². The van der Waals surface area contributed by atoms with Crippen LogP contribution >= 0.6 is 0 Å². The average molecular weight is 240 g/mol. The highest BCUT2D eigenvalue weighted by atomic mass is 16.5. The summed E-state index contributed by atoms with van der Waals surface area (Å²) in [5.41, 5.74) is 11.6. The number of aromatic nitrogens is 2. The van der Waals surface area contributed by atoms with Gasteiger partial charge in [0.1, 0.15) is 5.82 Å². The number of methoxy groups -OCH3 is 1. The molecule has 98 valence electrons. The minimum absolute atomic E-state index is 0.176. The third-order valence-electron chi connectivity index (χ3n) is 1.50. The van der Waals surface area contributed by atoms with E-state index in [1.807, 2.05) is 13.8 Å². The molecular formula is C12H24N4O. The Morgan fingerprint density at radius 3 is 2.06 bits per heavy atom. The standard InChI is InChI=1S/C6H9N3.C4H11NO.C2H4/c1-5-8-3-6(2-7)4-9-5;1-4(5)3-6-2;1-2/h3-4H,2,7H2,1H3;4H,3,5H2,1-2H3;1-2H2/t;4-;/m.0./s1. The van der Waals surface area contributed by atoms with Gasteiger partial charge in [0.15, 0.2) is 0 Å². The van der Waals surface area contributed by atoms with Gasteiger partial charge in [0.25, 0.3) is 0 Å². The predicted octanol–water partition coefficient (Wildman–Crippen LogP) is 1.03. The molecule has 0 aliphatic rings. The first-order valence-corrected chi connectivity index (χ1v) is 5.32. The average Bonchev–Trinajstić information content (AvgIpc) is 2.33. The monoisotopic (exact) mass is 240 g/mol. The predicted molar refractivity (Wildman–Crippen MR) is 71.4 cm³/mol. The number of nitrogens with zero attached hydrogens (tertiary/aromatic N) is 2. The highest BCUT2D eigenvalue weighted by Crippen LogP contribution is 1.91. The lowest BCUT2D eigenvalue weighted by atomic mass is 10.3. The van der Waals surface area contributed by atoms with E-state index < -0.39 is 0 Å². The number of nitrogens with two attached hydrogens (primary N) is 2. The fraction of sp³-hybridized carbons (Fsp3) is 0.500. The van der Waals surface area contributed by atoms with Crippen molar-refractivity contribution in [3.63, 3.8) is 0 Å². The molecule has 0 aliphatic heterocycles. The maximum absolute atomic E-state index is 5.32. The zero-order valence-electron chi connectivity index (χ0n) is 11.0. The van der Waals surface area contributed by atoms with Crippen LogP contribution in [0.15, 0.2) is 25.6 Å². The third-order valence-corrected chi connectivity index (χ3v) is 1.50. The molecule has 0 fully saturated rings. The Morgan fingerprint density at radius 1 is 1.35 bits per heavy atom. The number of aryl methyl sites for hydroxylation is 1. The molecule has 0 saturated heterocycles. The highest BCUT2D eigenvalue weighted by molar-refractivity contribution is 5.03. The molecule has 1 aromatic heterocycles. The van der Waals surface area contributed by atoms with Crippen LogP contribution in [0, 0.1) is 6.92 Å². The lowest BCUT2D eigenvalue weighted by molar-refractivity contribution is 0.185. The summed E-state index contributed by atoms with van der Waals surface area (Å²) < 4.78 is 4.68. The molecule has 5 heteroatoms. The molecule has 1 heterocycles. The smallest absolute Gasteiger partial charge is 0.125 e. The van der Waals surface area contributed by atoms with Crippen molar-refractivity contribution >= 4 is 0 Å². The largest absolute Gasteiger partial charge is 0.383 e. The lowest BCUT2D eigenvalue weighted by Crippen LogP contribution is -2.20. The first-order chi connectivity index (χ1) is 8.10. The zero-order valence-corrected chi connectivity index (χ0v) is 11.0. The Kier molecular flexibility index (Phi) is 13.6. The van der Waals surface area contributed by atoms with Crippen molar-refractivity contribution in [2.24, 2.45) is 11.5 Å². The summed E-state index contributed by atoms with van der Waals surface area (Å²) in [6.45, 7) is 10.9. The van der Waals surface area contributed by atoms with Gasteiger partial charge in [-0.15, -0.1) is 13.2 Å². The number of hydrogen-bond acceptors (Lipinski definition) is 5. The Labute approximate surface area is 104 Å². The van der Waals surface area contributed by atoms with Gasteiger partial charge in [0.05, 0.1) is 6.61 Å². The lowest BCUT2D eigenvalue weighted by Gasteiger charge is -1.98. The van der Waals surface area contributed by atoms with E-state index in [9.17, 15) is 0 Å². The summed E-state index contributed by atoms with van der Waals surface area (Å²) in [5, 5.41) is 0. The molecule has 4 N–H and O–H groups in total. The van der Waals surface area contributed by atoms with E-state index in [4.69, 9.17) is 11.5 Å². The maximum atomic E-state index is 5.32. The molecule has 0 radical (unpaired) electrons. The summed E-state index contributed by atoms with van der Waals surface area (Å²) in [4.78, 5) is 7.92. The number of rotatable bonds is 3. The quantitative estimate of drug-likeness (QED) is 0.770. The zero-order chi connectivity index (χ0) is 13.7. The molecule has 1 rings (SSSR count). The highest BCUT2D eigenvalue weighted by Gasteiger charge is 1.87. The van der Waals surface area contributed by atoms with Crippen molar-refractivity contribution in [2.45, 2.75) is 26.4 Å². The molecule has 1 aromatic rings. The molecule has 0 aromatic carbocycles. The fourth-order valence-corrected chi connectivity index (χ4v) is 0.788. The number of ether oxygens (including phenoxy) is 1. The second-order valence-electron chi connectivity index (χ2n) is 3.28. The molecule has 0 amide bonds. The first kappa shape index (κ1) is 18.1. The summed E-state index contributed by atoms with van der Waals surface area (Å²) in [5.74, 6) is 0.784. The van der Waals surface area contributed by atoms with Crippen LogP contribution in [0.5, 0.6) is 0 Å². The van der Waals surface area contributed by atoms with Crippen LogP contribution < -0.4 is 11.5 Å². The van der Waals surface area contributed by atoms with Crippen molar-refractivity contribution in [1.82, 2.24) is 9.97 Å².